The first-order valence-corrected chi connectivity index (χ1v) is 9.45. The van der Waals surface area contributed by atoms with E-state index >= 15 is 0 Å². The minimum Gasteiger partial charge on any atom is -0.0843 e. The molecule has 5 rings (SSSR count). The first-order valence-electron chi connectivity index (χ1n) is 9.08. The average molecular weight is 365 g/mol. The van der Waals surface area contributed by atoms with Crippen LogP contribution in [0.1, 0.15) is 0 Å². The average Bonchev–Trinajstić information content (AvgIpc) is 2.74. The van der Waals surface area contributed by atoms with Crippen LogP contribution < -0.4 is 0 Å². The molecule has 0 amide bonds. The summed E-state index contributed by atoms with van der Waals surface area (Å²) in [5.41, 5.74) is 4.93. The minimum absolute atomic E-state index is 0.755. The molecule has 0 bridgehead atoms. The summed E-state index contributed by atoms with van der Waals surface area (Å²) in [7, 11) is 0. The van der Waals surface area contributed by atoms with Crippen molar-refractivity contribution in [1.29, 1.82) is 0 Å². The van der Waals surface area contributed by atoms with Gasteiger partial charge < -0.3 is 0 Å². The second-order valence-electron chi connectivity index (χ2n) is 6.71. The van der Waals surface area contributed by atoms with E-state index in [0.29, 0.717) is 0 Å². The molecule has 0 spiro atoms. The minimum atomic E-state index is 0.755. The molecule has 128 valence electrons. The Labute approximate surface area is 163 Å². The van der Waals surface area contributed by atoms with Crippen LogP contribution in [0.5, 0.6) is 0 Å². The third-order valence-electron chi connectivity index (χ3n) is 5.13. The Kier molecular flexibility index (Phi) is 3.92. The first kappa shape index (κ1) is 16.1. The Balaban J connectivity index is 2.03. The molecular weight excluding hydrogens is 348 g/mol. The van der Waals surface area contributed by atoms with Crippen LogP contribution in [0.2, 0.25) is 5.02 Å². The number of hydrogen-bond donors (Lipinski definition) is 0. The van der Waals surface area contributed by atoms with Crippen LogP contribution >= 0.6 is 11.6 Å². The van der Waals surface area contributed by atoms with E-state index in [9.17, 15) is 0 Å². The molecule has 0 radical (unpaired) electrons. The maximum atomic E-state index is 6.17. The van der Waals surface area contributed by atoms with Gasteiger partial charge in [-0.2, -0.15) is 0 Å². The van der Waals surface area contributed by atoms with Crippen molar-refractivity contribution in [1.82, 2.24) is 0 Å². The molecule has 5 aromatic rings. The maximum Gasteiger partial charge on any atom is 0.0406 e. The normalized spacial score (nSPS) is 11.1. The van der Waals surface area contributed by atoms with E-state index < -0.39 is 0 Å². The van der Waals surface area contributed by atoms with E-state index in [1.54, 1.807) is 0 Å². The van der Waals surface area contributed by atoms with Crippen molar-refractivity contribution >= 4 is 33.1 Å². The zero-order chi connectivity index (χ0) is 18.2. The van der Waals surface area contributed by atoms with Crippen molar-refractivity contribution in [2.45, 2.75) is 0 Å². The Morgan fingerprint density at radius 3 is 1.30 bits per heavy atom. The molecule has 0 fully saturated rings. The molecule has 1 heteroatoms. The number of hydrogen-bond acceptors (Lipinski definition) is 0. The van der Waals surface area contributed by atoms with Gasteiger partial charge in [-0.25, -0.2) is 0 Å². The summed E-state index contributed by atoms with van der Waals surface area (Å²) in [4.78, 5) is 0. The standard InChI is InChI=1S/C26H17Cl/c27-20-16-14-19(15-17-20)26-24-13-7-5-11-22(24)21-10-4-6-12-23(21)25(26)18-8-2-1-3-9-18/h1-17H. The highest BCUT2D eigenvalue weighted by molar-refractivity contribution is 6.30. The second kappa shape index (κ2) is 6.57. The summed E-state index contributed by atoms with van der Waals surface area (Å²) < 4.78 is 0. The van der Waals surface area contributed by atoms with Crippen molar-refractivity contribution in [2.24, 2.45) is 0 Å². The zero-order valence-electron chi connectivity index (χ0n) is 14.7. The summed E-state index contributed by atoms with van der Waals surface area (Å²) in [5.74, 6) is 0. The van der Waals surface area contributed by atoms with E-state index in [1.165, 1.54) is 43.8 Å². The van der Waals surface area contributed by atoms with Gasteiger partial charge in [0.05, 0.1) is 0 Å². The first-order chi connectivity index (χ1) is 13.3. The molecular formula is C26H17Cl. The zero-order valence-corrected chi connectivity index (χ0v) is 15.4. The van der Waals surface area contributed by atoms with Crippen LogP contribution in [0, 0.1) is 0 Å². The molecule has 0 aliphatic carbocycles. The highest BCUT2D eigenvalue weighted by atomic mass is 35.5. The molecule has 0 aliphatic heterocycles. The van der Waals surface area contributed by atoms with Gasteiger partial charge in [0.2, 0.25) is 0 Å². The lowest BCUT2D eigenvalue weighted by atomic mass is 9.85. The fraction of sp³-hybridized carbons (Fsp3) is 0. The summed E-state index contributed by atoms with van der Waals surface area (Å²) in [6, 6.07) is 36.2. The maximum absolute atomic E-state index is 6.17. The molecule has 0 saturated heterocycles. The molecule has 0 nitrogen and oxygen atoms in total. The SMILES string of the molecule is Clc1ccc(-c2c(-c3ccccc3)c3ccccc3c3ccccc23)cc1. The molecule has 5 aromatic carbocycles. The van der Waals surface area contributed by atoms with Crippen molar-refractivity contribution < 1.29 is 0 Å². The molecule has 0 aromatic heterocycles. The van der Waals surface area contributed by atoms with Gasteiger partial charge in [0.25, 0.3) is 0 Å². The van der Waals surface area contributed by atoms with Crippen molar-refractivity contribution in [2.75, 3.05) is 0 Å². The molecule has 0 N–H and O–H groups in total. The van der Waals surface area contributed by atoms with Crippen LogP contribution in [0.4, 0.5) is 0 Å². The highest BCUT2D eigenvalue weighted by Gasteiger charge is 2.16. The van der Waals surface area contributed by atoms with E-state index in [0.717, 1.165) is 5.02 Å². The number of halogens is 1. The topological polar surface area (TPSA) is 0 Å². The molecule has 0 aliphatic rings. The molecule has 27 heavy (non-hydrogen) atoms. The van der Waals surface area contributed by atoms with Crippen LogP contribution in [0.15, 0.2) is 103 Å². The van der Waals surface area contributed by atoms with Crippen LogP contribution in [0.3, 0.4) is 0 Å². The van der Waals surface area contributed by atoms with Crippen molar-refractivity contribution in [3.63, 3.8) is 0 Å². The summed E-state index contributed by atoms with van der Waals surface area (Å²) >= 11 is 6.17. The van der Waals surface area contributed by atoms with Crippen molar-refractivity contribution in [3.8, 4) is 22.3 Å². The van der Waals surface area contributed by atoms with Gasteiger partial charge in [-0.15, -0.1) is 0 Å². The van der Waals surface area contributed by atoms with Crippen LogP contribution in [-0.2, 0) is 0 Å². The lowest BCUT2D eigenvalue weighted by molar-refractivity contribution is 1.63. The summed E-state index contributed by atoms with van der Waals surface area (Å²) in [6.45, 7) is 0. The highest BCUT2D eigenvalue weighted by Crippen LogP contribution is 2.44. The molecule has 0 saturated carbocycles. The van der Waals surface area contributed by atoms with Gasteiger partial charge in [-0.3, -0.25) is 0 Å². The lowest BCUT2D eigenvalue weighted by Gasteiger charge is -2.18. The van der Waals surface area contributed by atoms with Crippen molar-refractivity contribution in [3.05, 3.63) is 108 Å². The quantitative estimate of drug-likeness (QED) is 0.278. The third-order valence-corrected chi connectivity index (χ3v) is 5.38. The Hall–Kier alpha value is -3.09. The Morgan fingerprint density at radius 2 is 0.778 bits per heavy atom. The summed E-state index contributed by atoms with van der Waals surface area (Å²) in [5, 5.41) is 5.84. The Morgan fingerprint density at radius 1 is 0.370 bits per heavy atom. The third kappa shape index (κ3) is 2.70. The second-order valence-corrected chi connectivity index (χ2v) is 7.15. The molecule has 0 unspecified atom stereocenters. The van der Waals surface area contributed by atoms with Gasteiger partial charge in [0.1, 0.15) is 0 Å². The smallest absolute Gasteiger partial charge is 0.0406 e. The van der Waals surface area contributed by atoms with Gasteiger partial charge in [-0.05, 0) is 55.9 Å². The van der Waals surface area contributed by atoms with E-state index in [2.05, 4.69) is 91.0 Å². The predicted molar refractivity (Wildman–Crippen MR) is 117 cm³/mol. The summed E-state index contributed by atoms with van der Waals surface area (Å²) in [6.07, 6.45) is 0. The van der Waals surface area contributed by atoms with Crippen LogP contribution in [-0.4, -0.2) is 0 Å². The monoisotopic (exact) mass is 364 g/mol. The van der Waals surface area contributed by atoms with Gasteiger partial charge in [0, 0.05) is 5.02 Å². The number of fused-ring (bicyclic) bond motifs is 3. The number of rotatable bonds is 2. The molecule has 0 atom stereocenters. The largest absolute Gasteiger partial charge is 0.0843 e. The fourth-order valence-electron chi connectivity index (χ4n) is 3.96. The molecule has 0 heterocycles. The van der Waals surface area contributed by atoms with Gasteiger partial charge in [-0.1, -0.05) is 103 Å². The Bertz CT molecular complexity index is 1250. The van der Waals surface area contributed by atoms with Gasteiger partial charge >= 0.3 is 0 Å². The van der Waals surface area contributed by atoms with E-state index in [1.807, 2.05) is 12.1 Å². The lowest BCUT2D eigenvalue weighted by Crippen LogP contribution is -1.91. The van der Waals surface area contributed by atoms with Gasteiger partial charge in [0.15, 0.2) is 0 Å². The van der Waals surface area contributed by atoms with Crippen LogP contribution in [0.25, 0.3) is 43.8 Å². The fourth-order valence-corrected chi connectivity index (χ4v) is 4.09. The van der Waals surface area contributed by atoms with E-state index in [-0.39, 0.29) is 0 Å². The predicted octanol–water partition coefficient (Wildman–Crippen LogP) is 7.98. The number of benzene rings is 5. The van der Waals surface area contributed by atoms with E-state index in [4.69, 9.17) is 11.6 Å².